The summed E-state index contributed by atoms with van der Waals surface area (Å²) < 4.78 is 0. The highest BCUT2D eigenvalue weighted by Crippen LogP contribution is 2.47. The number of carboxylic acid groups (broad SMARTS) is 1. The van der Waals surface area contributed by atoms with Crippen molar-refractivity contribution in [2.24, 2.45) is 0 Å². The second kappa shape index (κ2) is 5.80. The van der Waals surface area contributed by atoms with Crippen LogP contribution in [0.2, 0.25) is 0 Å². The van der Waals surface area contributed by atoms with Crippen LogP contribution in [0.3, 0.4) is 0 Å². The summed E-state index contributed by atoms with van der Waals surface area (Å²) in [7, 11) is 0. The van der Waals surface area contributed by atoms with Gasteiger partial charge in [-0.25, -0.2) is 4.79 Å². The Kier molecular flexibility index (Phi) is 3.98. The summed E-state index contributed by atoms with van der Waals surface area (Å²) in [6.07, 6.45) is 0. The van der Waals surface area contributed by atoms with Crippen LogP contribution in [0.5, 0.6) is 0 Å². The van der Waals surface area contributed by atoms with E-state index in [-0.39, 0.29) is 17.3 Å². The summed E-state index contributed by atoms with van der Waals surface area (Å²) in [5.41, 5.74) is 1.85. The van der Waals surface area contributed by atoms with Gasteiger partial charge in [0.1, 0.15) is 0 Å². The lowest BCUT2D eigenvalue weighted by Gasteiger charge is -2.21. The van der Waals surface area contributed by atoms with Gasteiger partial charge in [0.2, 0.25) is 0 Å². The second-order valence-corrected chi connectivity index (χ2v) is 7.68. The largest absolute Gasteiger partial charge is 0.478 e. The fourth-order valence-corrected chi connectivity index (χ4v) is 3.68. The van der Waals surface area contributed by atoms with E-state index in [1.807, 2.05) is 39.8 Å². The van der Waals surface area contributed by atoms with Crippen LogP contribution in [0.25, 0.3) is 0 Å². The number of carboxylic acids is 1. The Morgan fingerprint density at radius 1 is 0.846 bits per heavy atom. The lowest BCUT2D eigenvalue weighted by Crippen LogP contribution is -2.33. The zero-order valence-electron chi connectivity index (χ0n) is 15.2. The van der Waals surface area contributed by atoms with Crippen LogP contribution in [0, 0.1) is 0 Å². The van der Waals surface area contributed by atoms with Gasteiger partial charge in [-0.3, -0.25) is 9.59 Å². The fourth-order valence-electron chi connectivity index (χ4n) is 3.68. The van der Waals surface area contributed by atoms with E-state index in [0.29, 0.717) is 11.3 Å². The molecule has 0 aromatic heterocycles. The maximum atomic E-state index is 12.7. The lowest BCUT2D eigenvalue weighted by atomic mass is 9.80. The van der Waals surface area contributed by atoms with Crippen molar-refractivity contribution in [2.45, 2.75) is 38.5 Å². The number of carbonyl (C=O) groups is 3. The predicted octanol–water partition coefficient (Wildman–Crippen LogP) is 3.78. The molecule has 2 aromatic carbocycles. The van der Waals surface area contributed by atoms with Crippen molar-refractivity contribution >= 4 is 23.3 Å². The normalized spacial score (nSPS) is 16.8. The highest BCUT2D eigenvalue weighted by Gasteiger charge is 2.50. The van der Waals surface area contributed by atoms with Crippen LogP contribution in [0.4, 0.5) is 5.69 Å². The van der Waals surface area contributed by atoms with Crippen molar-refractivity contribution in [3.63, 3.8) is 0 Å². The van der Waals surface area contributed by atoms with Crippen molar-refractivity contribution in [3.8, 4) is 0 Å². The third-order valence-corrected chi connectivity index (χ3v) is 5.15. The van der Waals surface area contributed by atoms with Crippen molar-refractivity contribution < 1.29 is 19.5 Å². The van der Waals surface area contributed by atoms with Gasteiger partial charge in [0.25, 0.3) is 5.91 Å². The van der Waals surface area contributed by atoms with E-state index < -0.39 is 16.8 Å². The van der Waals surface area contributed by atoms with E-state index in [1.54, 1.807) is 6.07 Å². The van der Waals surface area contributed by atoms with E-state index >= 15 is 0 Å². The van der Waals surface area contributed by atoms with Crippen molar-refractivity contribution in [1.29, 1.82) is 0 Å². The van der Waals surface area contributed by atoms with Crippen LogP contribution < -0.4 is 5.32 Å². The lowest BCUT2D eigenvalue weighted by molar-refractivity contribution is -0.126. The molecule has 0 fully saturated rings. The predicted molar refractivity (Wildman–Crippen MR) is 98.9 cm³/mol. The Hall–Kier alpha value is -2.95. The molecule has 26 heavy (non-hydrogen) atoms. The molecule has 1 amide bonds. The Labute approximate surface area is 152 Å². The third-order valence-electron chi connectivity index (χ3n) is 5.15. The number of anilines is 1. The van der Waals surface area contributed by atoms with Gasteiger partial charge < -0.3 is 10.4 Å². The average Bonchev–Trinajstić information content (AvgIpc) is 2.73. The minimum atomic E-state index is -1.04. The maximum absolute atomic E-state index is 12.7. The smallest absolute Gasteiger partial charge is 0.335 e. The summed E-state index contributed by atoms with van der Waals surface area (Å²) >= 11 is 0. The average molecular weight is 351 g/mol. The van der Waals surface area contributed by atoms with E-state index in [2.05, 4.69) is 5.32 Å². The molecule has 2 aromatic rings. The van der Waals surface area contributed by atoms with Gasteiger partial charge in [0.15, 0.2) is 5.78 Å². The SMILES string of the molecule is CC1(C)C(=O)C(C)(C)c2cc(NC(=O)c3ccc(C(=O)O)cc3)ccc21. The summed E-state index contributed by atoms with van der Waals surface area (Å²) in [6, 6.07) is 11.3. The number of carbonyl (C=O) groups excluding carboxylic acids is 2. The third kappa shape index (κ3) is 2.69. The zero-order valence-corrected chi connectivity index (χ0v) is 15.2. The summed E-state index contributed by atoms with van der Waals surface area (Å²) in [6.45, 7) is 7.65. The minimum Gasteiger partial charge on any atom is -0.478 e. The Bertz CT molecular complexity index is 924. The molecule has 0 atom stereocenters. The number of amides is 1. The molecule has 0 heterocycles. The monoisotopic (exact) mass is 351 g/mol. The molecule has 0 saturated carbocycles. The van der Waals surface area contributed by atoms with Crippen molar-refractivity contribution in [1.82, 2.24) is 0 Å². The number of Topliss-reactive ketones (excluding diaryl/α,β-unsaturated/α-hetero) is 1. The van der Waals surface area contributed by atoms with Gasteiger partial charge >= 0.3 is 5.97 Å². The second-order valence-electron chi connectivity index (χ2n) is 7.68. The molecule has 1 aliphatic rings. The van der Waals surface area contributed by atoms with Gasteiger partial charge in [0, 0.05) is 22.1 Å². The molecule has 0 unspecified atom stereocenters. The first-order valence-electron chi connectivity index (χ1n) is 8.40. The Morgan fingerprint density at radius 2 is 1.38 bits per heavy atom. The van der Waals surface area contributed by atoms with Crippen LogP contribution in [0.15, 0.2) is 42.5 Å². The van der Waals surface area contributed by atoms with E-state index in [0.717, 1.165) is 11.1 Å². The molecule has 3 rings (SSSR count). The standard InChI is InChI=1S/C21H21NO4/c1-20(2)15-10-9-14(11-16(15)21(3,4)19(20)26)22-17(23)12-5-7-13(8-6-12)18(24)25/h5-11H,1-4H3,(H,22,23)(H,24,25). The number of ketones is 1. The molecule has 0 spiro atoms. The maximum Gasteiger partial charge on any atom is 0.335 e. The van der Waals surface area contributed by atoms with E-state index in [9.17, 15) is 14.4 Å². The van der Waals surface area contributed by atoms with Crippen LogP contribution >= 0.6 is 0 Å². The van der Waals surface area contributed by atoms with Crippen molar-refractivity contribution in [2.75, 3.05) is 5.32 Å². The number of nitrogens with one attached hydrogen (secondary N) is 1. The number of benzene rings is 2. The molecule has 5 nitrogen and oxygen atoms in total. The summed E-state index contributed by atoms with van der Waals surface area (Å²) in [5.74, 6) is -1.21. The van der Waals surface area contributed by atoms with Gasteiger partial charge in [-0.05, 0) is 75.2 Å². The fraction of sp³-hybridized carbons (Fsp3) is 0.286. The molecule has 134 valence electrons. The van der Waals surface area contributed by atoms with Crippen molar-refractivity contribution in [3.05, 3.63) is 64.7 Å². The summed E-state index contributed by atoms with van der Waals surface area (Å²) in [4.78, 5) is 36.0. The van der Waals surface area contributed by atoms with Crippen LogP contribution in [0.1, 0.15) is 59.5 Å². The number of rotatable bonds is 3. The topological polar surface area (TPSA) is 83.5 Å². The molecule has 0 radical (unpaired) electrons. The first-order chi connectivity index (χ1) is 12.0. The molecule has 1 aliphatic carbocycles. The zero-order chi connectivity index (χ0) is 19.3. The first kappa shape index (κ1) is 17.9. The van der Waals surface area contributed by atoms with E-state index in [1.165, 1.54) is 24.3 Å². The molecule has 2 N–H and O–H groups in total. The molecule has 0 aliphatic heterocycles. The van der Waals surface area contributed by atoms with Crippen LogP contribution in [-0.4, -0.2) is 22.8 Å². The molecule has 5 heteroatoms. The van der Waals surface area contributed by atoms with Gasteiger partial charge in [-0.1, -0.05) is 6.07 Å². The summed E-state index contributed by atoms with van der Waals surface area (Å²) in [5, 5.41) is 11.7. The quantitative estimate of drug-likeness (QED) is 0.881. The highest BCUT2D eigenvalue weighted by molar-refractivity contribution is 6.06. The minimum absolute atomic E-state index is 0.126. The van der Waals surface area contributed by atoms with Gasteiger partial charge in [-0.15, -0.1) is 0 Å². The Morgan fingerprint density at radius 3 is 1.96 bits per heavy atom. The Balaban J connectivity index is 1.88. The van der Waals surface area contributed by atoms with Gasteiger partial charge in [-0.2, -0.15) is 0 Å². The van der Waals surface area contributed by atoms with E-state index in [4.69, 9.17) is 5.11 Å². The number of hydrogen-bond donors (Lipinski definition) is 2. The van der Waals surface area contributed by atoms with Gasteiger partial charge in [0.05, 0.1) is 5.56 Å². The number of aromatic carboxylic acids is 1. The molecule has 0 bridgehead atoms. The molecule has 0 saturated heterocycles. The first-order valence-corrected chi connectivity index (χ1v) is 8.40. The van der Waals surface area contributed by atoms with Crippen LogP contribution in [-0.2, 0) is 15.6 Å². The number of hydrogen-bond acceptors (Lipinski definition) is 3. The molecular weight excluding hydrogens is 330 g/mol. The molecular formula is C21H21NO4. The highest BCUT2D eigenvalue weighted by atomic mass is 16.4. The number of fused-ring (bicyclic) bond motifs is 1.